The topological polar surface area (TPSA) is 114 Å². The number of nitrogens with one attached hydrogen (secondary N) is 1. The predicted molar refractivity (Wildman–Crippen MR) is 160 cm³/mol. The summed E-state index contributed by atoms with van der Waals surface area (Å²) in [5.74, 6) is -1.24. The number of benzene rings is 1. The Balaban J connectivity index is 1.23. The van der Waals surface area contributed by atoms with Crippen molar-refractivity contribution in [3.05, 3.63) is 53.9 Å². The molecule has 1 aliphatic heterocycles. The summed E-state index contributed by atoms with van der Waals surface area (Å²) in [4.78, 5) is 35.0. The van der Waals surface area contributed by atoms with Gasteiger partial charge < -0.3 is 29.0 Å². The number of halogens is 1. The first-order chi connectivity index (χ1) is 20.5. The van der Waals surface area contributed by atoms with Crippen molar-refractivity contribution in [2.75, 3.05) is 30.4 Å². The van der Waals surface area contributed by atoms with Gasteiger partial charge in [-0.3, -0.25) is 4.79 Å². The van der Waals surface area contributed by atoms with Gasteiger partial charge >= 0.3 is 6.09 Å². The molecule has 226 valence electrons. The van der Waals surface area contributed by atoms with Crippen LogP contribution in [-0.4, -0.2) is 74.4 Å². The van der Waals surface area contributed by atoms with Gasteiger partial charge in [0.2, 0.25) is 5.82 Å². The molecule has 11 nitrogen and oxygen atoms in total. The van der Waals surface area contributed by atoms with E-state index >= 15 is 4.39 Å². The molecule has 2 amide bonds. The fraction of sp³-hybridized carbons (Fsp3) is 0.452. The second-order valence-corrected chi connectivity index (χ2v) is 12.2. The van der Waals surface area contributed by atoms with Gasteiger partial charge in [-0.25, -0.2) is 9.78 Å². The molecule has 1 N–H and O–H groups in total. The van der Waals surface area contributed by atoms with Crippen LogP contribution in [0.1, 0.15) is 62.5 Å². The number of imidazole rings is 1. The van der Waals surface area contributed by atoms with Crippen LogP contribution in [0.15, 0.2) is 36.8 Å². The van der Waals surface area contributed by atoms with E-state index in [9.17, 15) is 9.59 Å². The van der Waals surface area contributed by atoms with Crippen molar-refractivity contribution in [2.24, 2.45) is 0 Å². The number of amides is 2. The Morgan fingerprint density at radius 1 is 1.07 bits per heavy atom. The van der Waals surface area contributed by atoms with Gasteiger partial charge in [0.25, 0.3) is 5.91 Å². The zero-order valence-corrected chi connectivity index (χ0v) is 25.1. The Labute approximate surface area is 249 Å². The lowest BCUT2D eigenvalue weighted by Gasteiger charge is -2.40. The average Bonchev–Trinajstić information content (AvgIpc) is 3.72. The molecule has 6 rings (SSSR count). The monoisotopic (exact) mass is 589 g/mol. The zero-order valence-electron chi connectivity index (χ0n) is 25.1. The van der Waals surface area contributed by atoms with Crippen LogP contribution in [0, 0.1) is 12.7 Å². The number of nitrogens with zero attached hydrogens (tertiary/aromatic N) is 6. The lowest BCUT2D eigenvalue weighted by molar-refractivity contribution is 0.0114. The molecule has 1 aliphatic carbocycles. The molecule has 0 bridgehead atoms. The first kappa shape index (κ1) is 28.6. The van der Waals surface area contributed by atoms with Gasteiger partial charge in [0, 0.05) is 48.6 Å². The van der Waals surface area contributed by atoms with E-state index in [1.54, 1.807) is 31.6 Å². The summed E-state index contributed by atoms with van der Waals surface area (Å²) >= 11 is 0. The summed E-state index contributed by atoms with van der Waals surface area (Å²) in [5, 5.41) is 11.9. The van der Waals surface area contributed by atoms with Crippen molar-refractivity contribution in [2.45, 2.75) is 71.1 Å². The normalized spacial score (nSPS) is 16.0. The molecule has 4 aromatic rings. The third-order valence-corrected chi connectivity index (χ3v) is 7.86. The lowest BCUT2D eigenvalue weighted by Crippen LogP contribution is -2.50. The minimum atomic E-state index is -0.663. The highest BCUT2D eigenvalue weighted by Crippen LogP contribution is 2.36. The van der Waals surface area contributed by atoms with Gasteiger partial charge in [0.15, 0.2) is 11.4 Å². The van der Waals surface area contributed by atoms with Crippen molar-refractivity contribution in [3.63, 3.8) is 0 Å². The van der Waals surface area contributed by atoms with Crippen molar-refractivity contribution in [1.29, 1.82) is 0 Å². The van der Waals surface area contributed by atoms with Crippen LogP contribution in [-0.2, 0) is 4.74 Å². The van der Waals surface area contributed by atoms with E-state index in [0.29, 0.717) is 16.8 Å². The molecule has 12 heteroatoms. The van der Waals surface area contributed by atoms with Gasteiger partial charge in [0.1, 0.15) is 16.8 Å². The van der Waals surface area contributed by atoms with Crippen molar-refractivity contribution < 1.29 is 23.5 Å². The highest BCUT2D eigenvalue weighted by Gasteiger charge is 2.41. The number of carbonyl (C=O) groups is 2. The zero-order chi connectivity index (χ0) is 30.5. The average molecular weight is 590 g/mol. The number of rotatable bonds is 6. The summed E-state index contributed by atoms with van der Waals surface area (Å²) in [6.45, 7) is 8.91. The highest BCUT2D eigenvalue weighted by atomic mass is 19.1. The van der Waals surface area contributed by atoms with Crippen LogP contribution in [0.3, 0.4) is 0 Å². The van der Waals surface area contributed by atoms with Crippen LogP contribution < -0.4 is 15.0 Å². The summed E-state index contributed by atoms with van der Waals surface area (Å²) < 4.78 is 27.7. The van der Waals surface area contributed by atoms with E-state index < -0.39 is 17.3 Å². The molecule has 1 aromatic carbocycles. The Morgan fingerprint density at radius 2 is 1.79 bits per heavy atom. The van der Waals surface area contributed by atoms with Crippen molar-refractivity contribution in [1.82, 2.24) is 24.5 Å². The Kier molecular flexibility index (Phi) is 7.31. The molecule has 43 heavy (non-hydrogen) atoms. The molecule has 1 saturated carbocycles. The molecule has 0 unspecified atom stereocenters. The van der Waals surface area contributed by atoms with Crippen LogP contribution >= 0.6 is 0 Å². The van der Waals surface area contributed by atoms with E-state index in [0.717, 1.165) is 49.8 Å². The second kappa shape index (κ2) is 11.0. The Morgan fingerprint density at radius 3 is 2.47 bits per heavy atom. The molecule has 0 radical (unpaired) electrons. The number of piperidine rings is 1. The van der Waals surface area contributed by atoms with Crippen LogP contribution in [0.2, 0.25) is 0 Å². The van der Waals surface area contributed by atoms with Crippen LogP contribution in [0.4, 0.5) is 20.6 Å². The number of fused-ring (bicyclic) bond motifs is 2. The number of hydrogen-bond donors (Lipinski definition) is 1. The molecule has 3 aromatic heterocycles. The number of methoxy groups -OCH3 is 1. The van der Waals surface area contributed by atoms with Gasteiger partial charge in [-0.1, -0.05) is 0 Å². The predicted octanol–water partition coefficient (Wildman–Crippen LogP) is 5.35. The SMILES string of the molecule is COc1c(NC(=O)c2ccc(N3CCC(N(C(=O)OC(C)(C)C)C4CC4)CC3)c3ccnnc23)cn2cc(C)nc2c1F. The van der Waals surface area contributed by atoms with Crippen molar-refractivity contribution >= 4 is 39.9 Å². The number of aromatic nitrogens is 4. The lowest BCUT2D eigenvalue weighted by atomic mass is 10.0. The van der Waals surface area contributed by atoms with E-state index in [2.05, 4.69) is 25.4 Å². The Hall–Kier alpha value is -4.48. The van der Waals surface area contributed by atoms with Gasteiger partial charge in [-0.05, 0) is 71.6 Å². The van der Waals surface area contributed by atoms with Gasteiger partial charge in [0.05, 0.1) is 24.6 Å². The summed E-state index contributed by atoms with van der Waals surface area (Å²) in [7, 11) is 1.34. The number of carbonyl (C=O) groups excluding carboxylic acids is 2. The fourth-order valence-corrected chi connectivity index (χ4v) is 5.85. The first-order valence-electron chi connectivity index (χ1n) is 14.6. The maximum Gasteiger partial charge on any atom is 0.410 e. The van der Waals surface area contributed by atoms with E-state index in [-0.39, 0.29) is 35.3 Å². The van der Waals surface area contributed by atoms with Crippen LogP contribution in [0.25, 0.3) is 16.6 Å². The molecular formula is C31H36FN7O4. The molecule has 1 saturated heterocycles. The third kappa shape index (κ3) is 5.65. The number of anilines is 2. The minimum Gasteiger partial charge on any atom is -0.491 e. The maximum atomic E-state index is 15.1. The number of aryl methyl sites for hydroxylation is 1. The second-order valence-electron chi connectivity index (χ2n) is 12.2. The molecule has 4 heterocycles. The Bertz CT molecular complexity index is 1700. The van der Waals surface area contributed by atoms with E-state index in [4.69, 9.17) is 9.47 Å². The van der Waals surface area contributed by atoms with Crippen LogP contribution in [0.5, 0.6) is 5.75 Å². The molecule has 0 atom stereocenters. The third-order valence-electron chi connectivity index (χ3n) is 7.86. The molecular weight excluding hydrogens is 553 g/mol. The van der Waals surface area contributed by atoms with Crippen molar-refractivity contribution in [3.8, 4) is 5.75 Å². The largest absolute Gasteiger partial charge is 0.491 e. The first-order valence-corrected chi connectivity index (χ1v) is 14.6. The fourth-order valence-electron chi connectivity index (χ4n) is 5.85. The number of ether oxygens (including phenoxy) is 2. The van der Waals surface area contributed by atoms with E-state index in [1.165, 1.54) is 11.5 Å². The summed E-state index contributed by atoms with van der Waals surface area (Å²) in [6, 6.07) is 5.84. The summed E-state index contributed by atoms with van der Waals surface area (Å²) in [6.07, 6.45) is 8.25. The smallest absolute Gasteiger partial charge is 0.410 e. The van der Waals surface area contributed by atoms with Gasteiger partial charge in [-0.2, -0.15) is 9.49 Å². The molecule has 2 aliphatic rings. The summed E-state index contributed by atoms with van der Waals surface area (Å²) in [5.41, 5.74) is 2.06. The standard InChI is InChI=1S/C31H36FN7O4/c1-18-16-38-17-23(27(42-5)25(32)28(38)34-18)35-29(40)22-8-9-24(21-10-13-33-36-26(21)22)37-14-11-20(12-15-37)39(19-6-7-19)30(41)43-31(2,3)4/h8-10,13,16-17,19-20H,6-7,11-12,14-15H2,1-5H3,(H,35,40). The quantitative estimate of drug-likeness (QED) is 0.320. The molecule has 0 spiro atoms. The van der Waals surface area contributed by atoms with E-state index in [1.807, 2.05) is 37.8 Å². The van der Waals surface area contributed by atoms with Gasteiger partial charge in [-0.15, -0.1) is 5.10 Å². The minimum absolute atomic E-state index is 0.104. The maximum absolute atomic E-state index is 15.1. The number of pyridine rings is 1. The molecule has 2 fully saturated rings. The highest BCUT2D eigenvalue weighted by molar-refractivity contribution is 6.14. The number of hydrogen-bond acceptors (Lipinski definition) is 8.